The molecule has 0 atom stereocenters. The summed E-state index contributed by atoms with van der Waals surface area (Å²) in [6.45, 7) is 2.36. The number of aromatic nitrogens is 2. The average Bonchev–Trinajstić information content (AvgIpc) is 3.26. The molecule has 7 heteroatoms. The first-order valence-electron chi connectivity index (χ1n) is 7.66. The van der Waals surface area contributed by atoms with Crippen molar-refractivity contribution < 1.29 is 14.2 Å². The van der Waals surface area contributed by atoms with Gasteiger partial charge in [0.1, 0.15) is 17.0 Å². The molecule has 3 aromatic rings. The number of methoxy groups -OCH3 is 1. The molecule has 0 amide bonds. The molecular formula is C17H17N3O3S. The van der Waals surface area contributed by atoms with Crippen molar-refractivity contribution in [3.8, 4) is 11.5 Å². The highest BCUT2D eigenvalue weighted by Gasteiger charge is 2.17. The third-order valence-electron chi connectivity index (χ3n) is 3.92. The van der Waals surface area contributed by atoms with Crippen molar-refractivity contribution >= 4 is 27.4 Å². The molecule has 124 valence electrons. The predicted octanol–water partition coefficient (Wildman–Crippen LogP) is 3.07. The fourth-order valence-corrected chi connectivity index (χ4v) is 3.48. The van der Waals surface area contributed by atoms with Crippen molar-refractivity contribution in [2.45, 2.75) is 6.54 Å². The zero-order chi connectivity index (χ0) is 16.4. The van der Waals surface area contributed by atoms with Gasteiger partial charge in [0.15, 0.2) is 11.5 Å². The molecule has 0 saturated carbocycles. The van der Waals surface area contributed by atoms with Gasteiger partial charge >= 0.3 is 0 Å². The lowest BCUT2D eigenvalue weighted by atomic mass is 10.2. The molecule has 0 fully saturated rings. The first-order chi connectivity index (χ1) is 11.8. The van der Waals surface area contributed by atoms with Crippen molar-refractivity contribution in [2.24, 2.45) is 0 Å². The van der Waals surface area contributed by atoms with E-state index in [-0.39, 0.29) is 6.79 Å². The highest BCUT2D eigenvalue weighted by molar-refractivity contribution is 7.16. The van der Waals surface area contributed by atoms with Crippen LogP contribution in [-0.2, 0) is 11.3 Å². The number of ether oxygens (including phenoxy) is 3. The highest BCUT2D eigenvalue weighted by Crippen LogP contribution is 2.34. The molecule has 24 heavy (non-hydrogen) atoms. The molecule has 0 spiro atoms. The van der Waals surface area contributed by atoms with Gasteiger partial charge in [-0.25, -0.2) is 9.97 Å². The van der Waals surface area contributed by atoms with E-state index >= 15 is 0 Å². The van der Waals surface area contributed by atoms with Crippen LogP contribution >= 0.6 is 11.3 Å². The largest absolute Gasteiger partial charge is 0.454 e. The Morgan fingerprint density at radius 2 is 2.12 bits per heavy atom. The monoisotopic (exact) mass is 343 g/mol. The van der Waals surface area contributed by atoms with E-state index in [1.54, 1.807) is 24.8 Å². The maximum absolute atomic E-state index is 5.48. The third kappa shape index (κ3) is 2.88. The van der Waals surface area contributed by atoms with Crippen LogP contribution in [0.4, 0.5) is 5.82 Å². The number of hydrogen-bond donors (Lipinski definition) is 0. The summed E-state index contributed by atoms with van der Waals surface area (Å²) in [5.74, 6) is 2.52. The van der Waals surface area contributed by atoms with Gasteiger partial charge in [0.05, 0.1) is 12.0 Å². The van der Waals surface area contributed by atoms with Gasteiger partial charge in [-0.1, -0.05) is 6.07 Å². The molecule has 0 saturated heterocycles. The van der Waals surface area contributed by atoms with Crippen molar-refractivity contribution in [3.63, 3.8) is 0 Å². The van der Waals surface area contributed by atoms with E-state index in [1.165, 1.54) is 0 Å². The van der Waals surface area contributed by atoms with Crippen molar-refractivity contribution in [1.29, 1.82) is 0 Å². The Labute approximate surface area is 143 Å². The van der Waals surface area contributed by atoms with Gasteiger partial charge in [0.2, 0.25) is 6.79 Å². The Bertz CT molecular complexity index is 852. The second-order valence-electron chi connectivity index (χ2n) is 5.44. The summed E-state index contributed by atoms with van der Waals surface area (Å²) < 4.78 is 16.1. The highest BCUT2D eigenvalue weighted by atomic mass is 32.1. The first kappa shape index (κ1) is 15.2. The summed E-state index contributed by atoms with van der Waals surface area (Å²) in [5, 5.41) is 3.11. The van der Waals surface area contributed by atoms with Gasteiger partial charge in [-0.3, -0.25) is 0 Å². The summed E-state index contributed by atoms with van der Waals surface area (Å²) in [6, 6.07) is 8.09. The average molecular weight is 343 g/mol. The predicted molar refractivity (Wildman–Crippen MR) is 92.9 cm³/mol. The van der Waals surface area contributed by atoms with Crippen LogP contribution in [0, 0.1) is 0 Å². The van der Waals surface area contributed by atoms with Gasteiger partial charge in [-0.05, 0) is 29.1 Å². The molecule has 0 radical (unpaired) electrons. The summed E-state index contributed by atoms with van der Waals surface area (Å²) in [5.41, 5.74) is 1.14. The lowest BCUT2D eigenvalue weighted by molar-refractivity contribution is 0.174. The Hall–Kier alpha value is -2.38. The smallest absolute Gasteiger partial charge is 0.231 e. The SMILES string of the molecule is COCCN(Cc1ccc2c(c1)OCO2)c1ncnc2sccc12. The molecule has 1 aliphatic heterocycles. The summed E-state index contributed by atoms with van der Waals surface area (Å²) in [4.78, 5) is 12.0. The van der Waals surface area contributed by atoms with Crippen LogP contribution in [-0.4, -0.2) is 37.0 Å². The first-order valence-corrected chi connectivity index (χ1v) is 8.54. The van der Waals surface area contributed by atoms with Crippen molar-refractivity contribution in [1.82, 2.24) is 9.97 Å². The van der Waals surface area contributed by atoms with Gasteiger partial charge < -0.3 is 19.1 Å². The fraction of sp³-hybridized carbons (Fsp3) is 0.294. The maximum Gasteiger partial charge on any atom is 0.231 e. The summed E-state index contributed by atoms with van der Waals surface area (Å²) >= 11 is 1.62. The van der Waals surface area contributed by atoms with Crippen LogP contribution in [0.25, 0.3) is 10.2 Å². The lowest BCUT2D eigenvalue weighted by Crippen LogP contribution is -2.27. The van der Waals surface area contributed by atoms with Crippen LogP contribution < -0.4 is 14.4 Å². The van der Waals surface area contributed by atoms with Crippen LogP contribution in [0.15, 0.2) is 36.0 Å². The Balaban J connectivity index is 1.65. The Kier molecular flexibility index (Phi) is 4.18. The van der Waals surface area contributed by atoms with E-state index in [1.807, 2.05) is 17.5 Å². The van der Waals surface area contributed by atoms with Gasteiger partial charge in [0, 0.05) is 20.2 Å². The number of thiophene rings is 1. The van der Waals surface area contributed by atoms with E-state index in [0.717, 1.165) is 39.6 Å². The molecule has 1 aliphatic rings. The fourth-order valence-electron chi connectivity index (χ4n) is 2.75. The maximum atomic E-state index is 5.48. The minimum absolute atomic E-state index is 0.285. The molecule has 0 aliphatic carbocycles. The van der Waals surface area contributed by atoms with Crippen LogP contribution in [0.1, 0.15) is 5.56 Å². The standard InChI is InChI=1S/C17H17N3O3S/c1-21-6-5-20(16-13-4-7-24-17(13)19-10-18-16)9-12-2-3-14-15(8-12)23-11-22-14/h2-4,7-8,10H,5-6,9,11H2,1H3. The molecular weight excluding hydrogens is 326 g/mol. The van der Waals surface area contributed by atoms with E-state index < -0.39 is 0 Å². The van der Waals surface area contributed by atoms with Crippen LogP contribution in [0.3, 0.4) is 0 Å². The number of nitrogens with zero attached hydrogens (tertiary/aromatic N) is 3. The molecule has 4 rings (SSSR count). The molecule has 1 aromatic carbocycles. The topological polar surface area (TPSA) is 56.7 Å². The minimum atomic E-state index is 0.285. The normalized spacial score (nSPS) is 12.7. The van der Waals surface area contributed by atoms with E-state index in [2.05, 4.69) is 27.0 Å². The number of fused-ring (bicyclic) bond motifs is 2. The van der Waals surface area contributed by atoms with Crippen LogP contribution in [0.5, 0.6) is 11.5 Å². The van der Waals surface area contributed by atoms with Crippen molar-refractivity contribution in [2.75, 3.05) is 32.0 Å². The molecule has 6 nitrogen and oxygen atoms in total. The third-order valence-corrected chi connectivity index (χ3v) is 4.74. The van der Waals surface area contributed by atoms with Crippen LogP contribution in [0.2, 0.25) is 0 Å². The molecule has 3 heterocycles. The molecule has 0 unspecified atom stereocenters. The zero-order valence-electron chi connectivity index (χ0n) is 13.3. The minimum Gasteiger partial charge on any atom is -0.454 e. The van der Waals surface area contributed by atoms with Gasteiger partial charge in [-0.2, -0.15) is 0 Å². The number of anilines is 1. The van der Waals surface area contributed by atoms with Gasteiger partial charge in [-0.15, -0.1) is 11.3 Å². The molecule has 0 N–H and O–H groups in total. The van der Waals surface area contributed by atoms with E-state index in [9.17, 15) is 0 Å². The van der Waals surface area contributed by atoms with E-state index in [0.29, 0.717) is 13.2 Å². The molecule has 2 aromatic heterocycles. The Morgan fingerprint density at radius 1 is 1.21 bits per heavy atom. The summed E-state index contributed by atoms with van der Waals surface area (Å²) in [6.07, 6.45) is 1.62. The molecule has 0 bridgehead atoms. The van der Waals surface area contributed by atoms with E-state index in [4.69, 9.17) is 14.2 Å². The lowest BCUT2D eigenvalue weighted by Gasteiger charge is -2.24. The zero-order valence-corrected chi connectivity index (χ0v) is 14.1. The number of benzene rings is 1. The Morgan fingerprint density at radius 3 is 3.04 bits per heavy atom. The number of hydrogen-bond acceptors (Lipinski definition) is 7. The van der Waals surface area contributed by atoms with Gasteiger partial charge in [0.25, 0.3) is 0 Å². The second kappa shape index (κ2) is 6.62. The second-order valence-corrected chi connectivity index (χ2v) is 6.33. The summed E-state index contributed by atoms with van der Waals surface area (Å²) in [7, 11) is 1.71. The number of rotatable bonds is 6. The quantitative estimate of drug-likeness (QED) is 0.686. The van der Waals surface area contributed by atoms with Crippen molar-refractivity contribution in [3.05, 3.63) is 41.5 Å².